The van der Waals surface area contributed by atoms with Crippen molar-refractivity contribution < 1.29 is 34.5 Å². The molecule has 1 amide bonds. The van der Waals surface area contributed by atoms with E-state index in [4.69, 9.17) is 49.4 Å². The summed E-state index contributed by atoms with van der Waals surface area (Å²) in [6, 6.07) is 5.11. The first-order valence-electron chi connectivity index (χ1n) is 11.1. The molecule has 0 bridgehead atoms. The van der Waals surface area contributed by atoms with Crippen molar-refractivity contribution >= 4 is 40.7 Å². The Labute approximate surface area is 212 Å². The zero-order chi connectivity index (χ0) is 28.5. The number of nitrogens with two attached hydrogens (primary N) is 5. The third kappa shape index (κ3) is 14.7. The summed E-state index contributed by atoms with van der Waals surface area (Å²) in [5.41, 5.74) is 27.5. The molecule has 15 nitrogen and oxygen atoms in total. The van der Waals surface area contributed by atoms with Crippen LogP contribution < -0.4 is 34.0 Å². The number of benzene rings is 1. The van der Waals surface area contributed by atoms with Gasteiger partial charge in [-0.2, -0.15) is 0 Å². The number of hydrogen-bond acceptors (Lipinski definition) is 8. The minimum atomic E-state index is -1.11. The van der Waals surface area contributed by atoms with E-state index >= 15 is 0 Å². The Bertz CT molecular complexity index is 1040. The Morgan fingerprint density at radius 1 is 0.892 bits per heavy atom. The van der Waals surface area contributed by atoms with Gasteiger partial charge in [0.25, 0.3) is 0 Å². The van der Waals surface area contributed by atoms with E-state index in [0.29, 0.717) is 25.8 Å². The van der Waals surface area contributed by atoms with E-state index in [1.807, 2.05) is 30.5 Å². The van der Waals surface area contributed by atoms with Gasteiger partial charge in [-0.15, -0.1) is 0 Å². The number of amides is 1. The Balaban J connectivity index is 0.000000540. The molecule has 0 saturated heterocycles. The predicted octanol–water partition coefficient (Wildman–Crippen LogP) is -1.55. The van der Waals surface area contributed by atoms with Crippen molar-refractivity contribution in [3.05, 3.63) is 36.0 Å². The van der Waals surface area contributed by atoms with E-state index in [2.05, 4.69) is 10.3 Å². The minimum absolute atomic E-state index is 0.0213. The Hall–Kier alpha value is -4.21. The van der Waals surface area contributed by atoms with Gasteiger partial charge in [0.2, 0.25) is 5.91 Å². The lowest BCUT2D eigenvalue weighted by Crippen LogP contribution is -2.34. The molecule has 0 fully saturated rings. The van der Waals surface area contributed by atoms with Crippen LogP contribution in [0.2, 0.25) is 0 Å². The van der Waals surface area contributed by atoms with Crippen molar-refractivity contribution in [3.8, 4) is 0 Å². The molecule has 2 rings (SSSR count). The second kappa shape index (κ2) is 17.3. The number of aromatic nitrogens is 1. The largest absolute Gasteiger partial charge is 0.480 e. The normalized spacial score (nSPS) is 12.5. The maximum atomic E-state index is 10.6. The summed E-state index contributed by atoms with van der Waals surface area (Å²) in [6.45, 7) is 0.482. The number of carboxylic acid groups (broad SMARTS) is 3. The summed E-state index contributed by atoms with van der Waals surface area (Å²) >= 11 is 0. The van der Waals surface area contributed by atoms with Crippen molar-refractivity contribution in [1.82, 2.24) is 10.3 Å². The Morgan fingerprint density at radius 2 is 1.43 bits per heavy atom. The summed E-state index contributed by atoms with van der Waals surface area (Å²) in [5, 5.41) is 35.7. The van der Waals surface area contributed by atoms with Crippen molar-refractivity contribution in [2.75, 3.05) is 6.54 Å². The molecular weight excluding hydrogens is 488 g/mol. The van der Waals surface area contributed by atoms with Crippen LogP contribution >= 0.6 is 0 Å². The zero-order valence-corrected chi connectivity index (χ0v) is 20.2. The number of para-hydroxylation sites is 1. The summed E-state index contributed by atoms with van der Waals surface area (Å²) in [6.07, 6.45) is 3.26. The number of carbonyl (C=O) groups is 4. The molecule has 1 heterocycles. The number of aliphatic carboxylic acids is 3. The van der Waals surface area contributed by atoms with Gasteiger partial charge in [0.1, 0.15) is 18.1 Å². The number of primary amides is 1. The van der Waals surface area contributed by atoms with E-state index in [-0.39, 0.29) is 18.8 Å². The first-order chi connectivity index (χ1) is 17.3. The lowest BCUT2D eigenvalue weighted by molar-refractivity contribution is -0.139. The average Bonchev–Trinajstić information content (AvgIpc) is 3.23. The van der Waals surface area contributed by atoms with Crippen LogP contribution in [0.4, 0.5) is 0 Å². The van der Waals surface area contributed by atoms with Gasteiger partial charge in [0.05, 0.1) is 0 Å². The fourth-order valence-electron chi connectivity index (χ4n) is 2.71. The fourth-order valence-corrected chi connectivity index (χ4v) is 2.71. The van der Waals surface area contributed by atoms with Crippen molar-refractivity contribution in [3.63, 3.8) is 0 Å². The van der Waals surface area contributed by atoms with Gasteiger partial charge in [0, 0.05) is 36.5 Å². The van der Waals surface area contributed by atoms with Crippen molar-refractivity contribution in [2.24, 2.45) is 28.7 Å². The van der Waals surface area contributed by atoms with Crippen molar-refractivity contribution in [1.29, 1.82) is 5.41 Å². The summed E-state index contributed by atoms with van der Waals surface area (Å²) in [7, 11) is 0. The minimum Gasteiger partial charge on any atom is -0.480 e. The SMILES string of the molecule is N=C(N)NCCCC(N)C(=O)O.NC(=O)CCC(N)C(=O)O.NC(Cc1c[nH]c2ccccc12)C(=O)O. The highest BCUT2D eigenvalue weighted by atomic mass is 16.4. The molecule has 37 heavy (non-hydrogen) atoms. The van der Waals surface area contributed by atoms with Crippen LogP contribution in [-0.2, 0) is 25.6 Å². The van der Waals surface area contributed by atoms with Gasteiger partial charge in [-0.25, -0.2) is 0 Å². The number of guanidine groups is 1. The number of carbonyl (C=O) groups excluding carboxylic acids is 1. The molecule has 3 atom stereocenters. The van der Waals surface area contributed by atoms with E-state index in [0.717, 1.165) is 16.5 Å². The maximum Gasteiger partial charge on any atom is 0.320 e. The number of hydrogen-bond donors (Lipinski definition) is 11. The van der Waals surface area contributed by atoms with E-state index < -0.39 is 41.9 Å². The van der Waals surface area contributed by atoms with Crippen LogP contribution in [0.1, 0.15) is 31.2 Å². The second-order valence-electron chi connectivity index (χ2n) is 7.89. The van der Waals surface area contributed by atoms with Crippen molar-refractivity contribution in [2.45, 2.75) is 50.2 Å². The number of carboxylic acids is 3. The molecule has 0 aliphatic rings. The second-order valence-corrected chi connectivity index (χ2v) is 7.89. The van der Waals surface area contributed by atoms with Crippen LogP contribution in [0.15, 0.2) is 30.5 Å². The molecule has 0 spiro atoms. The van der Waals surface area contributed by atoms with Crippen LogP contribution in [-0.4, -0.2) is 74.7 Å². The average molecular weight is 525 g/mol. The molecule has 0 aliphatic heterocycles. The van der Waals surface area contributed by atoms with Crippen LogP contribution in [0.25, 0.3) is 10.9 Å². The molecule has 2 aromatic rings. The first kappa shape index (κ1) is 32.8. The lowest BCUT2D eigenvalue weighted by atomic mass is 10.1. The van der Waals surface area contributed by atoms with Gasteiger partial charge in [0.15, 0.2) is 5.96 Å². The molecule has 1 aromatic carbocycles. The monoisotopic (exact) mass is 524 g/mol. The molecular formula is C22H36N8O7. The topological polar surface area (TPSA) is 311 Å². The van der Waals surface area contributed by atoms with E-state index in [9.17, 15) is 19.2 Å². The highest BCUT2D eigenvalue weighted by molar-refractivity contribution is 5.84. The Kier molecular flexibility index (Phi) is 15.3. The molecule has 0 saturated carbocycles. The number of nitrogens with one attached hydrogen (secondary N) is 3. The van der Waals surface area contributed by atoms with Gasteiger partial charge < -0.3 is 54.3 Å². The van der Waals surface area contributed by atoms with Gasteiger partial charge in [-0.3, -0.25) is 24.6 Å². The molecule has 1 aromatic heterocycles. The zero-order valence-electron chi connectivity index (χ0n) is 20.2. The number of fused-ring (bicyclic) bond motifs is 1. The molecule has 15 heteroatoms. The smallest absolute Gasteiger partial charge is 0.320 e. The summed E-state index contributed by atoms with van der Waals surface area (Å²) < 4.78 is 0. The third-order valence-corrected chi connectivity index (χ3v) is 4.78. The summed E-state index contributed by atoms with van der Waals surface area (Å²) in [5.74, 6) is -3.73. The third-order valence-electron chi connectivity index (χ3n) is 4.78. The number of aromatic amines is 1. The molecule has 16 N–H and O–H groups in total. The lowest BCUT2D eigenvalue weighted by Gasteiger charge is -2.06. The van der Waals surface area contributed by atoms with E-state index in [1.165, 1.54) is 0 Å². The Morgan fingerprint density at radius 3 is 1.95 bits per heavy atom. The molecule has 206 valence electrons. The number of H-pyrrole nitrogens is 1. The predicted molar refractivity (Wildman–Crippen MR) is 136 cm³/mol. The highest BCUT2D eigenvalue weighted by Gasteiger charge is 2.14. The fraction of sp³-hybridized carbons (Fsp3) is 0.409. The maximum absolute atomic E-state index is 10.6. The quantitative estimate of drug-likeness (QED) is 0.0853. The first-order valence-corrected chi connectivity index (χ1v) is 11.1. The van der Waals surface area contributed by atoms with Gasteiger partial charge in [-0.05, 0) is 30.9 Å². The molecule has 0 radical (unpaired) electrons. The number of rotatable bonds is 12. The summed E-state index contributed by atoms with van der Waals surface area (Å²) in [4.78, 5) is 44.1. The standard InChI is InChI=1S/C11H12N2O2.C6H14N4O2.C5H10N2O3/c12-9(11(14)15)5-7-6-13-10-4-2-1-3-8(7)10;7-4(5(11)12)2-1-3-10-6(8)9;6-3(5(9)10)1-2-4(7)8/h1-4,6,9,13H,5,12H2,(H,14,15);4H,1-3,7H2,(H,11,12)(H4,8,9,10);3H,1-2,6H2,(H2,7,8)(H,9,10). The van der Waals surface area contributed by atoms with Crippen LogP contribution in [0.5, 0.6) is 0 Å². The van der Waals surface area contributed by atoms with Crippen LogP contribution in [0.3, 0.4) is 0 Å². The highest BCUT2D eigenvalue weighted by Crippen LogP contribution is 2.18. The van der Waals surface area contributed by atoms with Gasteiger partial charge in [-0.1, -0.05) is 18.2 Å². The van der Waals surface area contributed by atoms with E-state index in [1.54, 1.807) is 0 Å². The molecule has 0 aliphatic carbocycles. The van der Waals surface area contributed by atoms with Gasteiger partial charge >= 0.3 is 17.9 Å². The van der Waals surface area contributed by atoms with Crippen LogP contribution in [0, 0.1) is 5.41 Å². The molecule has 3 unspecified atom stereocenters.